The third-order valence-corrected chi connectivity index (χ3v) is 3.97. The van der Waals surface area contributed by atoms with Gasteiger partial charge in [0.15, 0.2) is 6.29 Å². The summed E-state index contributed by atoms with van der Waals surface area (Å²) in [5, 5.41) is 17.4. The molecular weight excluding hydrogens is 288 g/mol. The predicted octanol–water partition coefficient (Wildman–Crippen LogP) is 5.82. The smallest absolute Gasteiger partial charge is 0.151 e. The van der Waals surface area contributed by atoms with Crippen molar-refractivity contribution in [2.45, 2.75) is 117 Å². The van der Waals surface area contributed by atoms with Crippen LogP contribution >= 0.6 is 0 Å². The lowest BCUT2D eigenvalue weighted by atomic mass is 10.0. The van der Waals surface area contributed by atoms with Crippen LogP contribution in [0.3, 0.4) is 0 Å². The van der Waals surface area contributed by atoms with E-state index < -0.39 is 6.29 Å². The predicted molar refractivity (Wildman–Crippen MR) is 101 cm³/mol. The molecule has 142 valence electrons. The largest absolute Gasteiger partial charge is 0.382 e. The molecule has 0 spiro atoms. The van der Waals surface area contributed by atoms with Crippen LogP contribution in [0.25, 0.3) is 0 Å². The molecule has 2 N–H and O–H groups in total. The minimum Gasteiger partial charge on any atom is -0.382 e. The number of unbranched alkanes of at least 4 members (excludes halogenated alkanes) is 12. The Kier molecular flexibility index (Phi) is 26.4. The van der Waals surface area contributed by atoms with E-state index in [1.54, 1.807) is 0 Å². The Hall–Kier alpha value is -0.120. The lowest BCUT2D eigenvalue weighted by Gasteiger charge is -2.04. The molecule has 0 radical (unpaired) electrons. The van der Waals surface area contributed by atoms with Gasteiger partial charge in [-0.25, -0.2) is 0 Å². The van der Waals surface area contributed by atoms with Crippen molar-refractivity contribution in [2.24, 2.45) is 0 Å². The van der Waals surface area contributed by atoms with Crippen LogP contribution in [-0.4, -0.2) is 29.7 Å². The van der Waals surface area contributed by atoms with E-state index >= 15 is 0 Å². The topological polar surface area (TPSA) is 49.7 Å². The Morgan fingerprint density at radius 3 is 1.17 bits per heavy atom. The zero-order valence-corrected chi connectivity index (χ0v) is 16.2. The van der Waals surface area contributed by atoms with Gasteiger partial charge in [0.2, 0.25) is 0 Å². The van der Waals surface area contributed by atoms with E-state index in [9.17, 15) is 0 Å². The maximum Gasteiger partial charge on any atom is 0.151 e. The minimum absolute atomic E-state index is 0.539. The molecule has 23 heavy (non-hydrogen) atoms. The Bertz CT molecular complexity index is 182. The molecule has 0 atom stereocenters. The first-order chi connectivity index (χ1) is 11.2. The van der Waals surface area contributed by atoms with Gasteiger partial charge < -0.3 is 14.9 Å². The van der Waals surface area contributed by atoms with Gasteiger partial charge >= 0.3 is 0 Å². The van der Waals surface area contributed by atoms with Crippen molar-refractivity contribution in [3.63, 3.8) is 0 Å². The molecule has 0 aliphatic carbocycles. The monoisotopic (exact) mass is 332 g/mol. The van der Waals surface area contributed by atoms with E-state index in [4.69, 9.17) is 14.9 Å². The Morgan fingerprint density at radius 2 is 0.913 bits per heavy atom. The van der Waals surface area contributed by atoms with E-state index in [2.05, 4.69) is 6.92 Å². The summed E-state index contributed by atoms with van der Waals surface area (Å²) in [5.74, 6) is 0. The highest BCUT2D eigenvalue weighted by Crippen LogP contribution is 2.13. The zero-order chi connectivity index (χ0) is 17.6. The molecule has 0 saturated heterocycles. The molecule has 0 aliphatic rings. The second kappa shape index (κ2) is 24.1. The molecule has 0 aromatic rings. The second-order valence-corrected chi connectivity index (χ2v) is 6.29. The fourth-order valence-electron chi connectivity index (χ4n) is 2.55. The number of aliphatic hydroxyl groups excluding tert-OH is 1. The maximum atomic E-state index is 8.69. The molecule has 0 heterocycles. The first-order valence-corrected chi connectivity index (χ1v) is 10.1. The fraction of sp³-hybridized carbons (Fsp3) is 1.00. The van der Waals surface area contributed by atoms with Crippen LogP contribution in [0.15, 0.2) is 0 Å². The molecule has 0 aromatic heterocycles. The number of hydrogen-bond acceptors (Lipinski definition) is 3. The standard InChI is InChI=1S/C16H34O2.C4H10O/c1-2-3-4-5-6-7-8-9-10-11-12-13-14-15-16(17)18;1-3-5-4-2/h16-18H,2-15H2,1H3;3-4H2,1-2H3. The summed E-state index contributed by atoms with van der Waals surface area (Å²) >= 11 is 0. The first kappa shape index (κ1) is 25.1. The van der Waals surface area contributed by atoms with Gasteiger partial charge in [-0.1, -0.05) is 84.0 Å². The number of aliphatic hydroxyl groups is 2. The van der Waals surface area contributed by atoms with Gasteiger partial charge in [0.25, 0.3) is 0 Å². The van der Waals surface area contributed by atoms with Crippen LogP contribution in [0.2, 0.25) is 0 Å². The molecule has 0 aliphatic heterocycles. The van der Waals surface area contributed by atoms with Crippen LogP contribution in [0.4, 0.5) is 0 Å². The van der Waals surface area contributed by atoms with Crippen molar-refractivity contribution in [2.75, 3.05) is 13.2 Å². The molecule has 0 fully saturated rings. The zero-order valence-electron chi connectivity index (χ0n) is 16.2. The van der Waals surface area contributed by atoms with Crippen molar-refractivity contribution in [1.82, 2.24) is 0 Å². The molecule has 0 amide bonds. The average molecular weight is 333 g/mol. The van der Waals surface area contributed by atoms with Crippen LogP contribution in [0, 0.1) is 0 Å². The summed E-state index contributed by atoms with van der Waals surface area (Å²) in [6, 6.07) is 0. The van der Waals surface area contributed by atoms with Gasteiger partial charge in [-0.15, -0.1) is 0 Å². The minimum atomic E-state index is -1.10. The maximum absolute atomic E-state index is 8.69. The van der Waals surface area contributed by atoms with Crippen LogP contribution in [0.5, 0.6) is 0 Å². The van der Waals surface area contributed by atoms with Crippen LogP contribution in [-0.2, 0) is 4.74 Å². The summed E-state index contributed by atoms with van der Waals surface area (Å²) < 4.78 is 4.83. The normalized spacial score (nSPS) is 10.7. The first-order valence-electron chi connectivity index (χ1n) is 10.1. The average Bonchev–Trinajstić information content (AvgIpc) is 2.53. The van der Waals surface area contributed by atoms with Gasteiger partial charge in [0, 0.05) is 13.2 Å². The summed E-state index contributed by atoms with van der Waals surface area (Å²) in [6.07, 6.45) is 16.7. The van der Waals surface area contributed by atoms with Gasteiger partial charge in [-0.2, -0.15) is 0 Å². The molecule has 3 nitrogen and oxygen atoms in total. The highest BCUT2D eigenvalue weighted by molar-refractivity contribution is 4.49. The highest BCUT2D eigenvalue weighted by Gasteiger charge is 1.97. The molecule has 0 unspecified atom stereocenters. The van der Waals surface area contributed by atoms with Crippen LogP contribution < -0.4 is 0 Å². The van der Waals surface area contributed by atoms with E-state index in [1.807, 2.05) is 13.8 Å². The third-order valence-electron chi connectivity index (χ3n) is 3.97. The van der Waals surface area contributed by atoms with Crippen molar-refractivity contribution < 1.29 is 14.9 Å². The fourth-order valence-corrected chi connectivity index (χ4v) is 2.55. The van der Waals surface area contributed by atoms with E-state index in [1.165, 1.54) is 70.6 Å². The highest BCUT2D eigenvalue weighted by atomic mass is 16.5. The summed E-state index contributed by atoms with van der Waals surface area (Å²) in [5.41, 5.74) is 0. The molecule has 3 heteroatoms. The second-order valence-electron chi connectivity index (χ2n) is 6.29. The van der Waals surface area contributed by atoms with Gasteiger partial charge in [-0.3, -0.25) is 0 Å². The molecule has 0 rings (SSSR count). The lowest BCUT2D eigenvalue weighted by Crippen LogP contribution is -2.02. The number of hydrogen-bond donors (Lipinski definition) is 2. The van der Waals surface area contributed by atoms with E-state index in [0.717, 1.165) is 26.1 Å². The lowest BCUT2D eigenvalue weighted by molar-refractivity contribution is -0.0466. The summed E-state index contributed by atoms with van der Waals surface area (Å²) in [6.45, 7) is 7.93. The van der Waals surface area contributed by atoms with Crippen molar-refractivity contribution in [3.8, 4) is 0 Å². The van der Waals surface area contributed by atoms with Crippen LogP contribution in [0.1, 0.15) is 111 Å². The van der Waals surface area contributed by atoms with Crippen molar-refractivity contribution in [1.29, 1.82) is 0 Å². The molecule has 0 aromatic carbocycles. The third kappa shape index (κ3) is 30.3. The van der Waals surface area contributed by atoms with Gasteiger partial charge in [0.05, 0.1) is 0 Å². The Morgan fingerprint density at radius 1 is 0.565 bits per heavy atom. The molecular formula is C20H44O3. The number of rotatable bonds is 16. The summed E-state index contributed by atoms with van der Waals surface area (Å²) in [4.78, 5) is 0. The Balaban J connectivity index is 0. The van der Waals surface area contributed by atoms with Crippen molar-refractivity contribution in [3.05, 3.63) is 0 Å². The van der Waals surface area contributed by atoms with Gasteiger partial charge in [-0.05, 0) is 26.7 Å². The van der Waals surface area contributed by atoms with E-state index in [-0.39, 0.29) is 0 Å². The molecule has 0 saturated carbocycles. The van der Waals surface area contributed by atoms with Gasteiger partial charge in [0.1, 0.15) is 0 Å². The Labute approximate surface area is 145 Å². The van der Waals surface area contributed by atoms with Crippen molar-refractivity contribution >= 4 is 0 Å². The SMILES string of the molecule is CCCCCCCCCCCCCCCC(O)O.CCOCC. The quantitative estimate of drug-likeness (QED) is 0.276. The summed E-state index contributed by atoms with van der Waals surface area (Å²) in [7, 11) is 0. The van der Waals surface area contributed by atoms with E-state index in [0.29, 0.717) is 6.42 Å². The molecule has 0 bridgehead atoms. The number of ether oxygens (including phenoxy) is 1.